The van der Waals surface area contributed by atoms with Gasteiger partial charge in [-0.15, -0.1) is 0 Å². The van der Waals surface area contributed by atoms with E-state index in [1.165, 1.54) is 15.9 Å². The van der Waals surface area contributed by atoms with Crippen molar-refractivity contribution < 1.29 is 18.4 Å². The van der Waals surface area contributed by atoms with E-state index in [0.717, 1.165) is 11.6 Å². The molecule has 1 spiro atoms. The van der Waals surface area contributed by atoms with Crippen molar-refractivity contribution in [3.05, 3.63) is 59.1 Å². The van der Waals surface area contributed by atoms with Crippen LogP contribution in [0.2, 0.25) is 0 Å². The summed E-state index contributed by atoms with van der Waals surface area (Å²) in [5, 5.41) is 0. The van der Waals surface area contributed by atoms with Gasteiger partial charge in [0.2, 0.25) is 11.8 Å². The van der Waals surface area contributed by atoms with E-state index >= 15 is 8.78 Å². The fourth-order valence-electron chi connectivity index (χ4n) is 4.46. The number of carbonyl (C=O) groups excluding carboxylic acids is 2. The molecule has 2 saturated heterocycles. The predicted octanol–water partition coefficient (Wildman–Crippen LogP) is 4.75. The third-order valence-electron chi connectivity index (χ3n) is 6.13. The van der Waals surface area contributed by atoms with E-state index < -0.39 is 23.8 Å². The third-order valence-corrected chi connectivity index (χ3v) is 6.44. The standard InChI is InChI=1S/C22H24Cl2F2N2O2/c1-3-19(29)27-12-21(13-27)11-15(2)28(14-22(21,25)26)20(30)17(9-10-18(23)24)16-7-5-4-6-8-16/h3-8,10,15,17H,1,9,11-14H2,2H3/t15-,17-/m0/s1. The zero-order chi connectivity index (χ0) is 22.1. The number of hydrogen-bond acceptors (Lipinski definition) is 2. The van der Waals surface area contributed by atoms with Gasteiger partial charge in [-0.1, -0.05) is 66.2 Å². The number of rotatable bonds is 5. The molecule has 162 valence electrons. The van der Waals surface area contributed by atoms with Crippen molar-refractivity contribution in [2.45, 2.75) is 37.6 Å². The van der Waals surface area contributed by atoms with Crippen LogP contribution in [0.1, 0.15) is 31.2 Å². The lowest BCUT2D eigenvalue weighted by molar-refractivity contribution is -0.231. The minimum absolute atomic E-state index is 0.0239. The van der Waals surface area contributed by atoms with Crippen LogP contribution in [-0.4, -0.2) is 53.2 Å². The molecule has 0 radical (unpaired) electrons. The normalized spacial score (nSPS) is 22.8. The fraction of sp³-hybridized carbons (Fsp3) is 0.455. The molecule has 2 amide bonds. The molecule has 0 saturated carbocycles. The minimum atomic E-state index is -3.10. The van der Waals surface area contributed by atoms with Crippen LogP contribution in [0, 0.1) is 5.41 Å². The molecule has 0 aliphatic carbocycles. The number of halogens is 4. The highest BCUT2D eigenvalue weighted by molar-refractivity contribution is 6.55. The van der Waals surface area contributed by atoms with Crippen molar-refractivity contribution in [1.82, 2.24) is 9.80 Å². The van der Waals surface area contributed by atoms with Crippen molar-refractivity contribution in [1.29, 1.82) is 0 Å². The van der Waals surface area contributed by atoms with E-state index in [0.29, 0.717) is 0 Å². The summed E-state index contributed by atoms with van der Waals surface area (Å²) in [5.74, 6) is -4.50. The first-order valence-corrected chi connectivity index (χ1v) is 10.5. The molecule has 2 aliphatic heterocycles. The van der Waals surface area contributed by atoms with Gasteiger partial charge in [-0.25, -0.2) is 8.78 Å². The maximum Gasteiger partial charge on any atom is 0.274 e. The zero-order valence-electron chi connectivity index (χ0n) is 16.7. The van der Waals surface area contributed by atoms with Crippen molar-refractivity contribution in [3.63, 3.8) is 0 Å². The second-order valence-electron chi connectivity index (χ2n) is 8.10. The van der Waals surface area contributed by atoms with Gasteiger partial charge in [0.05, 0.1) is 17.9 Å². The Morgan fingerprint density at radius 3 is 2.43 bits per heavy atom. The van der Waals surface area contributed by atoms with E-state index in [9.17, 15) is 9.59 Å². The molecule has 1 aromatic carbocycles. The van der Waals surface area contributed by atoms with E-state index in [-0.39, 0.29) is 48.3 Å². The van der Waals surface area contributed by atoms with Crippen LogP contribution < -0.4 is 0 Å². The van der Waals surface area contributed by atoms with Crippen LogP contribution in [0.4, 0.5) is 8.78 Å². The molecular formula is C22H24Cl2F2N2O2. The van der Waals surface area contributed by atoms with Crippen LogP contribution in [0.5, 0.6) is 0 Å². The van der Waals surface area contributed by atoms with E-state index in [1.54, 1.807) is 31.2 Å². The molecule has 0 N–H and O–H groups in total. The second kappa shape index (κ2) is 8.67. The molecule has 0 bridgehead atoms. The summed E-state index contributed by atoms with van der Waals surface area (Å²) in [5.41, 5.74) is -0.584. The number of hydrogen-bond donors (Lipinski definition) is 0. The smallest absolute Gasteiger partial charge is 0.274 e. The van der Waals surface area contributed by atoms with Gasteiger partial charge in [0, 0.05) is 19.1 Å². The maximum atomic E-state index is 15.2. The summed E-state index contributed by atoms with van der Waals surface area (Å²) in [4.78, 5) is 27.7. The largest absolute Gasteiger partial charge is 0.337 e. The topological polar surface area (TPSA) is 40.6 Å². The van der Waals surface area contributed by atoms with Crippen molar-refractivity contribution in [3.8, 4) is 0 Å². The molecule has 30 heavy (non-hydrogen) atoms. The number of allylic oxidation sites excluding steroid dienone is 1. The Morgan fingerprint density at radius 1 is 1.23 bits per heavy atom. The SMILES string of the molecule is C=CC(=O)N1CC2(C[C@H](C)N(C(=O)[C@@H](CC=C(Cl)Cl)c3ccccc3)CC2(F)F)C1. The Kier molecular flexibility index (Phi) is 6.58. The lowest BCUT2D eigenvalue weighted by Crippen LogP contribution is -2.72. The van der Waals surface area contributed by atoms with Crippen LogP contribution in [-0.2, 0) is 9.59 Å². The molecular weight excluding hydrogens is 433 g/mol. The molecule has 4 nitrogen and oxygen atoms in total. The molecule has 3 rings (SSSR count). The maximum absolute atomic E-state index is 15.2. The summed E-state index contributed by atoms with van der Waals surface area (Å²) in [7, 11) is 0. The highest BCUT2D eigenvalue weighted by Crippen LogP contribution is 2.52. The summed E-state index contributed by atoms with van der Waals surface area (Å²) in [6, 6.07) is 8.60. The monoisotopic (exact) mass is 456 g/mol. The van der Waals surface area contributed by atoms with E-state index in [2.05, 4.69) is 6.58 Å². The lowest BCUT2D eigenvalue weighted by atomic mass is 9.66. The van der Waals surface area contributed by atoms with Crippen LogP contribution in [0.25, 0.3) is 0 Å². The first-order chi connectivity index (χ1) is 14.1. The highest BCUT2D eigenvalue weighted by atomic mass is 35.5. The number of piperidine rings is 1. The van der Waals surface area contributed by atoms with Crippen LogP contribution in [0.3, 0.4) is 0 Å². The Balaban J connectivity index is 1.81. The van der Waals surface area contributed by atoms with Gasteiger partial charge in [0.25, 0.3) is 5.92 Å². The Bertz CT molecular complexity index is 850. The molecule has 2 aliphatic rings. The van der Waals surface area contributed by atoms with Crippen molar-refractivity contribution >= 4 is 35.0 Å². The third kappa shape index (κ3) is 4.26. The number of carbonyl (C=O) groups is 2. The van der Waals surface area contributed by atoms with Gasteiger partial charge >= 0.3 is 0 Å². The number of amides is 2. The number of benzene rings is 1. The Hall–Kier alpha value is -1.92. The van der Waals surface area contributed by atoms with Gasteiger partial charge in [-0.2, -0.15) is 0 Å². The summed E-state index contributed by atoms with van der Waals surface area (Å²) < 4.78 is 30.4. The number of nitrogens with zero attached hydrogens (tertiary/aromatic N) is 2. The Labute approximate surface area is 185 Å². The molecule has 2 atom stereocenters. The van der Waals surface area contributed by atoms with Gasteiger partial charge in [-0.3, -0.25) is 9.59 Å². The molecule has 1 aromatic rings. The molecule has 2 heterocycles. The zero-order valence-corrected chi connectivity index (χ0v) is 18.2. The Morgan fingerprint density at radius 2 is 1.87 bits per heavy atom. The highest BCUT2D eigenvalue weighted by Gasteiger charge is 2.65. The van der Waals surface area contributed by atoms with Gasteiger partial charge < -0.3 is 9.80 Å². The summed E-state index contributed by atoms with van der Waals surface area (Å²) >= 11 is 11.5. The number of alkyl halides is 2. The lowest BCUT2D eigenvalue weighted by Gasteiger charge is -2.59. The second-order valence-corrected chi connectivity index (χ2v) is 9.10. The van der Waals surface area contributed by atoms with E-state index in [4.69, 9.17) is 23.2 Å². The van der Waals surface area contributed by atoms with Gasteiger partial charge in [0.1, 0.15) is 4.49 Å². The van der Waals surface area contributed by atoms with Crippen LogP contribution in [0.15, 0.2) is 53.6 Å². The minimum Gasteiger partial charge on any atom is -0.337 e. The first kappa shape index (κ1) is 22.8. The van der Waals surface area contributed by atoms with Crippen LogP contribution >= 0.6 is 23.2 Å². The summed E-state index contributed by atoms with van der Waals surface area (Å²) in [6.07, 6.45) is 2.98. The average molecular weight is 457 g/mol. The first-order valence-electron chi connectivity index (χ1n) is 9.76. The number of likely N-dealkylation sites (tertiary alicyclic amines) is 2. The molecule has 0 unspecified atom stereocenters. The summed E-state index contributed by atoms with van der Waals surface area (Å²) in [6.45, 7) is 4.46. The van der Waals surface area contributed by atoms with Gasteiger partial charge in [0.15, 0.2) is 0 Å². The molecule has 8 heteroatoms. The van der Waals surface area contributed by atoms with Gasteiger partial charge in [-0.05, 0) is 31.4 Å². The van der Waals surface area contributed by atoms with Crippen molar-refractivity contribution in [2.24, 2.45) is 5.41 Å². The molecule has 0 aromatic heterocycles. The average Bonchev–Trinajstić information content (AvgIpc) is 2.67. The van der Waals surface area contributed by atoms with E-state index in [1.807, 2.05) is 6.07 Å². The molecule has 2 fully saturated rings. The van der Waals surface area contributed by atoms with Crippen molar-refractivity contribution in [2.75, 3.05) is 19.6 Å². The predicted molar refractivity (Wildman–Crippen MR) is 114 cm³/mol. The fourth-order valence-corrected chi connectivity index (χ4v) is 4.64. The quantitative estimate of drug-likeness (QED) is 0.599.